The van der Waals surface area contributed by atoms with Crippen LogP contribution in [-0.2, 0) is 21.3 Å². The predicted molar refractivity (Wildman–Crippen MR) is 135 cm³/mol. The van der Waals surface area contributed by atoms with Crippen LogP contribution in [0.3, 0.4) is 0 Å². The largest absolute Gasteiger partial charge is 0.444 e. The minimum Gasteiger partial charge on any atom is -0.444 e. The molecule has 0 fully saturated rings. The molecule has 1 aromatic heterocycles. The summed E-state index contributed by atoms with van der Waals surface area (Å²) in [5.74, 6) is -0.0746. The van der Waals surface area contributed by atoms with Crippen LogP contribution in [0.15, 0.2) is 65.7 Å². The van der Waals surface area contributed by atoms with Crippen LogP contribution in [0, 0.1) is 13.8 Å². The van der Waals surface area contributed by atoms with Gasteiger partial charge in [0.15, 0.2) is 5.75 Å². The minimum atomic E-state index is -4.21. The number of nitrogens with zero attached hydrogens (tertiary/aromatic N) is 1. The molecule has 1 N–H and O–H groups in total. The van der Waals surface area contributed by atoms with E-state index in [1.165, 1.54) is 18.3 Å². The van der Waals surface area contributed by atoms with Crippen LogP contribution in [0.4, 0.5) is 4.79 Å². The zero-order chi connectivity index (χ0) is 25.8. The maximum atomic E-state index is 13.2. The number of ether oxygens (including phenoxy) is 1. The fraction of sp³-hybridized carbons (Fsp3) is 0.308. The number of hydrogen-bond donors (Lipinski definition) is 1. The van der Waals surface area contributed by atoms with E-state index in [1.54, 1.807) is 39.8 Å². The summed E-state index contributed by atoms with van der Waals surface area (Å²) in [4.78, 5) is 17.0. The zero-order valence-corrected chi connectivity index (χ0v) is 21.9. The molecule has 0 saturated carbocycles. The van der Waals surface area contributed by atoms with Gasteiger partial charge in [-0.2, -0.15) is 8.42 Å². The first kappa shape index (κ1) is 26.5. The van der Waals surface area contributed by atoms with Gasteiger partial charge in [0.25, 0.3) is 0 Å². The molecule has 1 unspecified atom stereocenters. The number of nitrogens with one attached hydrogen (secondary N) is 1. The molecular formula is C26H29ClN2O5S. The highest BCUT2D eigenvalue weighted by Gasteiger charge is 2.28. The number of alkyl carbamates (subject to hydrolysis) is 1. The van der Waals surface area contributed by atoms with E-state index in [0.717, 1.165) is 11.1 Å². The smallest absolute Gasteiger partial charge is 0.408 e. The summed E-state index contributed by atoms with van der Waals surface area (Å²) < 4.78 is 37.3. The maximum Gasteiger partial charge on any atom is 0.408 e. The molecule has 0 aliphatic carbocycles. The lowest BCUT2D eigenvalue weighted by atomic mass is 10.0. The Kier molecular flexibility index (Phi) is 8.07. The molecule has 9 heteroatoms. The molecule has 186 valence electrons. The molecule has 1 amide bonds. The van der Waals surface area contributed by atoms with Crippen molar-refractivity contribution in [2.75, 3.05) is 0 Å². The second-order valence-electron chi connectivity index (χ2n) is 9.23. The van der Waals surface area contributed by atoms with E-state index in [4.69, 9.17) is 20.5 Å². The monoisotopic (exact) mass is 516 g/mol. The van der Waals surface area contributed by atoms with Crippen molar-refractivity contribution < 1.29 is 22.1 Å². The molecular weight excluding hydrogens is 488 g/mol. The van der Waals surface area contributed by atoms with Gasteiger partial charge in [-0.15, -0.1) is 0 Å². The number of benzene rings is 2. The Balaban J connectivity index is 2.02. The van der Waals surface area contributed by atoms with E-state index < -0.39 is 27.9 Å². The predicted octanol–water partition coefficient (Wildman–Crippen LogP) is 5.93. The lowest BCUT2D eigenvalue weighted by molar-refractivity contribution is 0.0502. The van der Waals surface area contributed by atoms with Crippen molar-refractivity contribution >= 4 is 27.8 Å². The Labute approximate surface area is 211 Å². The van der Waals surface area contributed by atoms with Crippen molar-refractivity contribution in [2.45, 2.75) is 57.6 Å². The molecule has 1 atom stereocenters. The van der Waals surface area contributed by atoms with Crippen molar-refractivity contribution in [3.05, 3.63) is 88.2 Å². The summed E-state index contributed by atoms with van der Waals surface area (Å²) >= 11 is 6.15. The third-order valence-electron chi connectivity index (χ3n) is 4.95. The number of aryl methyl sites for hydroxylation is 2. The molecule has 3 aromatic rings. The number of carbonyl (C=O) groups excluding carboxylic acids is 1. The number of hydrogen-bond acceptors (Lipinski definition) is 6. The van der Waals surface area contributed by atoms with E-state index in [2.05, 4.69) is 10.3 Å². The summed E-state index contributed by atoms with van der Waals surface area (Å²) in [7, 11) is -4.21. The van der Waals surface area contributed by atoms with E-state index in [-0.39, 0.29) is 21.4 Å². The van der Waals surface area contributed by atoms with E-state index in [1.807, 2.05) is 37.3 Å². The van der Waals surface area contributed by atoms with Gasteiger partial charge in [0.2, 0.25) is 0 Å². The number of halogens is 1. The number of rotatable bonds is 7. The number of aromatic nitrogens is 1. The molecule has 1 heterocycles. The minimum absolute atomic E-state index is 0.0359. The SMILES string of the molecule is Cc1ccc(S(=O)(=O)Oc2cc(Cl)cnc2C(Cc2ccccc2)NC(=O)OC(C)(C)C)c(C)c1. The van der Waals surface area contributed by atoms with Gasteiger partial charge in [-0.05, 0) is 58.2 Å². The Bertz CT molecular complexity index is 1310. The Morgan fingerprint density at radius 1 is 1.09 bits per heavy atom. The van der Waals surface area contributed by atoms with Crippen LogP contribution < -0.4 is 9.50 Å². The quantitative estimate of drug-likeness (QED) is 0.391. The zero-order valence-electron chi connectivity index (χ0n) is 20.3. The van der Waals surface area contributed by atoms with Crippen molar-refractivity contribution in [1.29, 1.82) is 0 Å². The summed E-state index contributed by atoms with van der Waals surface area (Å²) in [6.45, 7) is 8.83. The molecule has 0 spiro atoms. The standard InChI is InChI=1S/C26H29ClN2O5S/c1-17-11-12-23(18(2)13-17)35(31,32)34-22-15-20(27)16-28-24(22)21(14-19-9-7-6-8-10-19)29-25(30)33-26(3,4)5/h6-13,15-16,21H,14H2,1-5H3,(H,29,30). The van der Waals surface area contributed by atoms with Gasteiger partial charge in [-0.3, -0.25) is 4.98 Å². The number of carbonyl (C=O) groups is 1. The molecule has 3 rings (SSSR count). The molecule has 0 radical (unpaired) electrons. The first-order chi connectivity index (χ1) is 16.3. The molecule has 0 aliphatic heterocycles. The number of pyridine rings is 1. The van der Waals surface area contributed by atoms with Gasteiger partial charge in [0.05, 0.1) is 11.1 Å². The van der Waals surface area contributed by atoms with Gasteiger partial charge >= 0.3 is 16.2 Å². The summed E-state index contributed by atoms with van der Waals surface area (Å²) in [6.07, 6.45) is 1.02. The third-order valence-corrected chi connectivity index (χ3v) is 6.55. The first-order valence-electron chi connectivity index (χ1n) is 11.0. The molecule has 35 heavy (non-hydrogen) atoms. The maximum absolute atomic E-state index is 13.2. The molecule has 0 bridgehead atoms. The van der Waals surface area contributed by atoms with Crippen LogP contribution in [0.2, 0.25) is 5.02 Å². The van der Waals surface area contributed by atoms with Gasteiger partial charge in [-0.1, -0.05) is 59.6 Å². The van der Waals surface area contributed by atoms with Crippen molar-refractivity contribution in [2.24, 2.45) is 0 Å². The molecule has 0 aliphatic rings. The van der Waals surface area contributed by atoms with Crippen molar-refractivity contribution in [1.82, 2.24) is 10.3 Å². The van der Waals surface area contributed by atoms with Crippen molar-refractivity contribution in [3.63, 3.8) is 0 Å². The number of amides is 1. The van der Waals surface area contributed by atoms with Crippen LogP contribution >= 0.6 is 11.6 Å². The Morgan fingerprint density at radius 2 is 1.77 bits per heavy atom. The normalized spacial score (nSPS) is 12.6. The Hall–Kier alpha value is -3.10. The average Bonchev–Trinajstić information content (AvgIpc) is 2.72. The van der Waals surface area contributed by atoms with Crippen LogP contribution in [0.1, 0.15) is 49.2 Å². The summed E-state index contributed by atoms with van der Waals surface area (Å²) in [6, 6.07) is 15.0. The van der Waals surface area contributed by atoms with Crippen LogP contribution in [0.5, 0.6) is 5.75 Å². The third kappa shape index (κ3) is 7.44. The summed E-state index contributed by atoms with van der Waals surface area (Å²) in [5, 5.41) is 2.99. The van der Waals surface area contributed by atoms with Crippen molar-refractivity contribution in [3.8, 4) is 5.75 Å². The second kappa shape index (κ2) is 10.7. The molecule has 2 aromatic carbocycles. The van der Waals surface area contributed by atoms with Crippen LogP contribution in [-0.4, -0.2) is 25.1 Å². The lowest BCUT2D eigenvalue weighted by Gasteiger charge is -2.24. The molecule has 7 nitrogen and oxygen atoms in total. The average molecular weight is 517 g/mol. The topological polar surface area (TPSA) is 94.6 Å². The van der Waals surface area contributed by atoms with E-state index in [0.29, 0.717) is 12.0 Å². The van der Waals surface area contributed by atoms with E-state index in [9.17, 15) is 13.2 Å². The van der Waals surface area contributed by atoms with Gasteiger partial charge < -0.3 is 14.2 Å². The second-order valence-corrected chi connectivity index (χ2v) is 11.2. The van der Waals surface area contributed by atoms with Gasteiger partial charge in [-0.25, -0.2) is 4.79 Å². The van der Waals surface area contributed by atoms with Gasteiger partial charge in [0, 0.05) is 12.3 Å². The Morgan fingerprint density at radius 3 is 2.40 bits per heavy atom. The fourth-order valence-electron chi connectivity index (χ4n) is 3.52. The van der Waals surface area contributed by atoms with Gasteiger partial charge in [0.1, 0.15) is 16.2 Å². The summed E-state index contributed by atoms with van der Waals surface area (Å²) in [5.41, 5.74) is 1.86. The lowest BCUT2D eigenvalue weighted by Crippen LogP contribution is -2.36. The first-order valence-corrected chi connectivity index (χ1v) is 12.8. The van der Waals surface area contributed by atoms with E-state index >= 15 is 0 Å². The highest BCUT2D eigenvalue weighted by molar-refractivity contribution is 7.87. The van der Waals surface area contributed by atoms with Crippen LogP contribution in [0.25, 0.3) is 0 Å². The highest BCUT2D eigenvalue weighted by atomic mass is 35.5. The highest BCUT2D eigenvalue weighted by Crippen LogP contribution is 2.32. The fourth-order valence-corrected chi connectivity index (χ4v) is 4.81. The molecule has 0 saturated heterocycles.